The van der Waals surface area contributed by atoms with Crippen molar-refractivity contribution in [3.63, 3.8) is 0 Å². The first-order valence-electron chi connectivity index (χ1n) is 6.04. The van der Waals surface area contributed by atoms with E-state index in [9.17, 15) is 4.79 Å². The number of nitrogens with zero attached hydrogens (tertiary/aromatic N) is 1. The molecule has 1 amide bonds. The van der Waals surface area contributed by atoms with Crippen LogP contribution in [0.2, 0.25) is 0 Å². The molecule has 0 bridgehead atoms. The first-order valence-corrected chi connectivity index (χ1v) is 6.57. The van der Waals surface area contributed by atoms with Crippen LogP contribution in [0, 0.1) is 5.41 Å². The number of nitrogens with one attached hydrogen (secondary N) is 1. The summed E-state index contributed by atoms with van der Waals surface area (Å²) in [5.41, 5.74) is 2.52. The van der Waals surface area contributed by atoms with Gasteiger partial charge in [-0.25, -0.2) is 5.01 Å². The number of carbonyl (C=O) groups excluding carboxylic acids is 1. The highest BCUT2D eigenvalue weighted by atomic mass is 35.5. The zero-order chi connectivity index (χ0) is 12.3. The molecule has 3 nitrogen and oxygen atoms in total. The van der Waals surface area contributed by atoms with Crippen molar-refractivity contribution in [2.24, 2.45) is 5.41 Å². The van der Waals surface area contributed by atoms with Gasteiger partial charge in [0.25, 0.3) is 0 Å². The lowest BCUT2D eigenvalue weighted by molar-refractivity contribution is -0.136. The van der Waals surface area contributed by atoms with Crippen molar-refractivity contribution in [3.05, 3.63) is 0 Å². The van der Waals surface area contributed by atoms with Crippen molar-refractivity contribution in [1.29, 1.82) is 0 Å². The number of hydrazine groups is 1. The summed E-state index contributed by atoms with van der Waals surface area (Å²) < 4.78 is 0. The van der Waals surface area contributed by atoms with Crippen molar-refractivity contribution >= 4 is 17.5 Å². The fourth-order valence-corrected chi connectivity index (χ4v) is 2.09. The zero-order valence-corrected chi connectivity index (χ0v) is 11.5. The van der Waals surface area contributed by atoms with Gasteiger partial charge in [0.15, 0.2) is 0 Å². The minimum absolute atomic E-state index is 0.0168. The predicted molar refractivity (Wildman–Crippen MR) is 67.3 cm³/mol. The summed E-state index contributed by atoms with van der Waals surface area (Å²) >= 11 is 5.80. The van der Waals surface area contributed by atoms with Gasteiger partial charge in [0.05, 0.1) is 5.41 Å². The Bertz CT molecular complexity index is 245. The maximum absolute atomic E-state index is 12.0. The van der Waals surface area contributed by atoms with E-state index in [-0.39, 0.29) is 5.91 Å². The average molecular weight is 247 g/mol. The van der Waals surface area contributed by atoms with Gasteiger partial charge in [-0.3, -0.25) is 10.2 Å². The molecule has 1 N–H and O–H groups in total. The topological polar surface area (TPSA) is 32.3 Å². The van der Waals surface area contributed by atoms with Crippen LogP contribution in [-0.4, -0.2) is 28.9 Å². The quantitative estimate of drug-likeness (QED) is 0.777. The lowest BCUT2D eigenvalue weighted by Crippen LogP contribution is -2.57. The van der Waals surface area contributed by atoms with E-state index in [4.69, 9.17) is 11.6 Å². The van der Waals surface area contributed by atoms with Gasteiger partial charge in [0.2, 0.25) is 5.91 Å². The van der Waals surface area contributed by atoms with E-state index in [1.807, 2.05) is 13.8 Å². The molecule has 1 heterocycles. The Balaban J connectivity index is 2.61. The minimum atomic E-state index is -0.502. The number of halogens is 1. The van der Waals surface area contributed by atoms with Crippen LogP contribution >= 0.6 is 11.6 Å². The third-order valence-electron chi connectivity index (χ3n) is 3.37. The molecule has 0 aromatic rings. The third-order valence-corrected chi connectivity index (χ3v) is 4.04. The van der Waals surface area contributed by atoms with Crippen molar-refractivity contribution in [3.8, 4) is 0 Å². The molecule has 0 aliphatic carbocycles. The highest BCUT2D eigenvalue weighted by Crippen LogP contribution is 2.23. The summed E-state index contributed by atoms with van der Waals surface area (Å²) in [5.74, 6) is 0.359. The van der Waals surface area contributed by atoms with E-state index in [0.29, 0.717) is 18.0 Å². The molecule has 1 saturated heterocycles. The van der Waals surface area contributed by atoms with Gasteiger partial charge in [-0.05, 0) is 40.5 Å². The SMILES string of the molecule is CC1CCCC(C)N1NC(=O)C(C)(C)CCl. The molecule has 0 aromatic carbocycles. The summed E-state index contributed by atoms with van der Waals surface area (Å²) in [6, 6.07) is 0.831. The van der Waals surface area contributed by atoms with E-state index in [2.05, 4.69) is 24.3 Å². The molecule has 1 aliphatic heterocycles. The van der Waals surface area contributed by atoms with Crippen LogP contribution in [0.3, 0.4) is 0 Å². The van der Waals surface area contributed by atoms with Crippen LogP contribution in [0.4, 0.5) is 0 Å². The second kappa shape index (κ2) is 5.37. The van der Waals surface area contributed by atoms with Gasteiger partial charge in [-0.15, -0.1) is 11.6 Å². The number of hydrogen-bond acceptors (Lipinski definition) is 2. The first-order chi connectivity index (χ1) is 7.38. The molecule has 2 atom stereocenters. The first kappa shape index (κ1) is 13.8. The molecular weight excluding hydrogens is 224 g/mol. The van der Waals surface area contributed by atoms with Gasteiger partial charge in [0.1, 0.15) is 0 Å². The maximum Gasteiger partial charge on any atom is 0.241 e. The number of hydrogen-bond donors (Lipinski definition) is 1. The summed E-state index contributed by atoms with van der Waals surface area (Å²) in [7, 11) is 0. The third kappa shape index (κ3) is 3.11. The number of alkyl halides is 1. The average Bonchev–Trinajstić information content (AvgIpc) is 2.23. The molecular formula is C12H23ClN2O. The van der Waals surface area contributed by atoms with Gasteiger partial charge >= 0.3 is 0 Å². The number of rotatable bonds is 3. The van der Waals surface area contributed by atoms with E-state index in [0.717, 1.165) is 12.8 Å². The monoisotopic (exact) mass is 246 g/mol. The van der Waals surface area contributed by atoms with Crippen LogP contribution in [0.1, 0.15) is 47.0 Å². The summed E-state index contributed by atoms with van der Waals surface area (Å²) in [5, 5.41) is 2.08. The van der Waals surface area contributed by atoms with Crippen molar-refractivity contribution in [1.82, 2.24) is 10.4 Å². The Morgan fingerprint density at radius 1 is 1.38 bits per heavy atom. The van der Waals surface area contributed by atoms with E-state index < -0.39 is 5.41 Å². The summed E-state index contributed by atoms with van der Waals surface area (Å²) in [4.78, 5) is 12.0. The van der Waals surface area contributed by atoms with Crippen LogP contribution < -0.4 is 5.43 Å². The Morgan fingerprint density at radius 3 is 2.31 bits per heavy atom. The van der Waals surface area contributed by atoms with Crippen molar-refractivity contribution in [2.45, 2.75) is 59.0 Å². The fourth-order valence-electron chi connectivity index (χ4n) is 1.97. The van der Waals surface area contributed by atoms with Gasteiger partial charge in [-0.1, -0.05) is 6.42 Å². The smallest absolute Gasteiger partial charge is 0.241 e. The predicted octanol–water partition coefficient (Wildman–Crippen LogP) is 2.55. The standard InChI is InChI=1S/C12H23ClN2O/c1-9-6-5-7-10(2)15(9)14-11(16)12(3,4)8-13/h9-10H,5-8H2,1-4H3,(H,14,16). The Labute approximate surface area is 103 Å². The van der Waals surface area contributed by atoms with Gasteiger partial charge in [0, 0.05) is 18.0 Å². The lowest BCUT2D eigenvalue weighted by Gasteiger charge is -2.40. The van der Waals surface area contributed by atoms with Crippen molar-refractivity contribution in [2.75, 3.05) is 5.88 Å². The maximum atomic E-state index is 12.0. The molecule has 0 saturated carbocycles. The van der Waals surface area contributed by atoms with Crippen LogP contribution in [0.5, 0.6) is 0 Å². The number of amides is 1. The molecule has 1 rings (SSSR count). The molecule has 1 aliphatic rings. The van der Waals surface area contributed by atoms with Crippen LogP contribution in [0.25, 0.3) is 0 Å². The normalized spacial score (nSPS) is 27.8. The molecule has 1 fully saturated rings. The zero-order valence-electron chi connectivity index (χ0n) is 10.7. The van der Waals surface area contributed by atoms with Crippen molar-refractivity contribution < 1.29 is 4.79 Å². The molecule has 0 aromatic heterocycles. The molecule has 0 radical (unpaired) electrons. The van der Waals surface area contributed by atoms with Crippen LogP contribution in [-0.2, 0) is 4.79 Å². The highest BCUT2D eigenvalue weighted by molar-refractivity contribution is 6.19. The van der Waals surface area contributed by atoms with E-state index >= 15 is 0 Å². The number of carbonyl (C=O) groups is 1. The molecule has 94 valence electrons. The highest BCUT2D eigenvalue weighted by Gasteiger charge is 2.32. The minimum Gasteiger partial charge on any atom is -0.288 e. The molecule has 0 spiro atoms. The molecule has 16 heavy (non-hydrogen) atoms. The summed E-state index contributed by atoms with van der Waals surface area (Å²) in [6.07, 6.45) is 3.53. The van der Waals surface area contributed by atoms with E-state index in [1.54, 1.807) is 0 Å². The van der Waals surface area contributed by atoms with Crippen LogP contribution in [0.15, 0.2) is 0 Å². The Hall–Kier alpha value is -0.280. The number of piperidine rings is 1. The second-order valence-electron chi connectivity index (χ2n) is 5.49. The second-order valence-corrected chi connectivity index (χ2v) is 5.76. The van der Waals surface area contributed by atoms with Gasteiger partial charge in [-0.2, -0.15) is 0 Å². The largest absolute Gasteiger partial charge is 0.288 e. The Morgan fingerprint density at radius 2 is 1.88 bits per heavy atom. The fraction of sp³-hybridized carbons (Fsp3) is 0.917. The summed E-state index contributed by atoms with van der Waals surface area (Å²) in [6.45, 7) is 8.05. The van der Waals surface area contributed by atoms with E-state index in [1.165, 1.54) is 6.42 Å². The lowest BCUT2D eigenvalue weighted by atomic mass is 9.95. The van der Waals surface area contributed by atoms with Gasteiger partial charge < -0.3 is 0 Å². The molecule has 2 unspecified atom stereocenters. The Kier molecular flexibility index (Phi) is 4.62. The molecule has 4 heteroatoms.